The van der Waals surface area contributed by atoms with Crippen molar-refractivity contribution in [3.8, 4) is 0 Å². The van der Waals surface area contributed by atoms with Crippen LogP contribution in [0.25, 0.3) is 11.0 Å². The van der Waals surface area contributed by atoms with Gasteiger partial charge < -0.3 is 9.30 Å². The van der Waals surface area contributed by atoms with Gasteiger partial charge >= 0.3 is 5.97 Å². The zero-order chi connectivity index (χ0) is 17.0. The molecule has 0 aliphatic rings. The first kappa shape index (κ1) is 17.0. The van der Waals surface area contributed by atoms with E-state index in [0.717, 1.165) is 0 Å². The molecular formula is C15H19N3O4S. The van der Waals surface area contributed by atoms with Gasteiger partial charge in [-0.25, -0.2) is 18.2 Å². The summed E-state index contributed by atoms with van der Waals surface area (Å²) < 4.78 is 33.3. The van der Waals surface area contributed by atoms with Crippen molar-refractivity contribution < 1.29 is 17.9 Å². The largest absolute Gasteiger partial charge is 0.464 e. The quantitative estimate of drug-likeness (QED) is 0.474. The number of nitrogens with zero attached hydrogens (tertiary/aromatic N) is 2. The number of hydrogen-bond acceptors (Lipinski definition) is 5. The number of unbranched alkanes of at least 4 members (excludes halogenated alkanes) is 1. The van der Waals surface area contributed by atoms with E-state index in [4.69, 9.17) is 4.74 Å². The number of anilines is 1. The molecule has 0 aliphatic carbocycles. The maximum absolute atomic E-state index is 12.3. The lowest BCUT2D eigenvalue weighted by molar-refractivity contribution is 0.0591. The number of methoxy groups -OCH3 is 1. The standard InChI is InChI=1S/C15H19N3O4S/c1-4-5-6-10-23(20,21)17-12-11-8-7-9-16-14(11)18(2)13(12)15(19)22-3/h4,7-9,17H,1,5-6,10H2,2-3H3. The van der Waals surface area contributed by atoms with Crippen LogP contribution in [-0.4, -0.2) is 36.8 Å². The fourth-order valence-corrected chi connectivity index (χ4v) is 3.49. The van der Waals surface area contributed by atoms with Crippen molar-refractivity contribution in [3.05, 3.63) is 36.7 Å². The first-order valence-electron chi connectivity index (χ1n) is 7.04. The number of hydrogen-bond donors (Lipinski definition) is 1. The zero-order valence-corrected chi connectivity index (χ0v) is 13.9. The Labute approximate surface area is 135 Å². The summed E-state index contributed by atoms with van der Waals surface area (Å²) in [6.07, 6.45) is 4.29. The van der Waals surface area contributed by atoms with Crippen LogP contribution in [0.4, 0.5) is 5.69 Å². The molecule has 2 aromatic heterocycles. The SMILES string of the molecule is C=CCCCS(=O)(=O)Nc1c(C(=O)OC)n(C)c2ncccc12. The van der Waals surface area contributed by atoms with E-state index >= 15 is 0 Å². The minimum atomic E-state index is -3.60. The maximum Gasteiger partial charge on any atom is 0.356 e. The summed E-state index contributed by atoms with van der Waals surface area (Å²) in [6, 6.07) is 3.38. The number of aryl methyl sites for hydroxylation is 1. The molecule has 23 heavy (non-hydrogen) atoms. The summed E-state index contributed by atoms with van der Waals surface area (Å²) in [4.78, 5) is 16.2. The van der Waals surface area contributed by atoms with Crippen molar-refractivity contribution in [2.45, 2.75) is 12.8 Å². The van der Waals surface area contributed by atoms with Crippen LogP contribution in [0, 0.1) is 0 Å². The zero-order valence-electron chi connectivity index (χ0n) is 13.1. The number of sulfonamides is 1. The second-order valence-electron chi connectivity index (χ2n) is 5.00. The summed E-state index contributed by atoms with van der Waals surface area (Å²) in [6.45, 7) is 3.57. The Morgan fingerprint density at radius 1 is 1.52 bits per heavy atom. The van der Waals surface area contributed by atoms with E-state index in [0.29, 0.717) is 23.9 Å². The number of aromatic nitrogens is 2. The normalized spacial score (nSPS) is 11.4. The van der Waals surface area contributed by atoms with Crippen LogP contribution in [0.5, 0.6) is 0 Å². The summed E-state index contributed by atoms with van der Waals surface area (Å²) in [5, 5.41) is 0.544. The number of allylic oxidation sites excluding steroid dienone is 1. The van der Waals surface area contributed by atoms with E-state index in [1.54, 1.807) is 31.5 Å². The number of rotatable bonds is 7. The van der Waals surface area contributed by atoms with Crippen molar-refractivity contribution in [2.24, 2.45) is 7.05 Å². The van der Waals surface area contributed by atoms with E-state index in [1.807, 2.05) is 0 Å². The topological polar surface area (TPSA) is 90.3 Å². The molecule has 0 aliphatic heterocycles. The molecule has 7 nitrogen and oxygen atoms in total. The Bertz CT molecular complexity index is 840. The van der Waals surface area contributed by atoms with E-state index in [9.17, 15) is 13.2 Å². The monoisotopic (exact) mass is 337 g/mol. The van der Waals surface area contributed by atoms with Gasteiger partial charge in [0, 0.05) is 18.6 Å². The third kappa shape index (κ3) is 3.53. The molecule has 1 N–H and O–H groups in total. The Morgan fingerprint density at radius 2 is 2.26 bits per heavy atom. The molecule has 0 amide bonds. The summed E-state index contributed by atoms with van der Waals surface area (Å²) >= 11 is 0. The second kappa shape index (κ2) is 6.82. The van der Waals surface area contributed by atoms with Crippen LogP contribution in [-0.2, 0) is 21.8 Å². The number of esters is 1. The smallest absolute Gasteiger partial charge is 0.356 e. The van der Waals surface area contributed by atoms with E-state index in [2.05, 4.69) is 16.3 Å². The lowest BCUT2D eigenvalue weighted by Gasteiger charge is -2.09. The molecule has 0 radical (unpaired) electrons. The van der Waals surface area contributed by atoms with Gasteiger partial charge in [0.15, 0.2) is 5.69 Å². The summed E-state index contributed by atoms with van der Waals surface area (Å²) in [5.41, 5.74) is 0.811. The second-order valence-corrected chi connectivity index (χ2v) is 6.84. The fourth-order valence-electron chi connectivity index (χ4n) is 2.32. The van der Waals surface area contributed by atoms with E-state index in [1.165, 1.54) is 11.7 Å². The van der Waals surface area contributed by atoms with Gasteiger partial charge in [-0.2, -0.15) is 0 Å². The van der Waals surface area contributed by atoms with Crippen molar-refractivity contribution in [3.63, 3.8) is 0 Å². The molecule has 0 aromatic carbocycles. The maximum atomic E-state index is 12.3. The molecule has 2 aromatic rings. The van der Waals surface area contributed by atoms with Gasteiger partial charge in [0.05, 0.1) is 18.6 Å². The van der Waals surface area contributed by atoms with Gasteiger partial charge in [0.25, 0.3) is 0 Å². The minimum Gasteiger partial charge on any atom is -0.464 e. The number of carbonyl (C=O) groups excluding carboxylic acids is 1. The molecule has 0 saturated carbocycles. The molecule has 2 rings (SSSR count). The number of ether oxygens (including phenoxy) is 1. The lowest BCUT2D eigenvalue weighted by Crippen LogP contribution is -2.19. The highest BCUT2D eigenvalue weighted by Gasteiger charge is 2.25. The molecule has 124 valence electrons. The molecule has 0 atom stereocenters. The van der Waals surface area contributed by atoms with Gasteiger partial charge in [0.1, 0.15) is 5.65 Å². The Hall–Kier alpha value is -2.35. The van der Waals surface area contributed by atoms with Crippen LogP contribution >= 0.6 is 0 Å². The first-order valence-corrected chi connectivity index (χ1v) is 8.69. The predicted octanol–water partition coefficient (Wildman–Crippen LogP) is 2.07. The number of fused-ring (bicyclic) bond motifs is 1. The highest BCUT2D eigenvalue weighted by Crippen LogP contribution is 2.30. The van der Waals surface area contributed by atoms with E-state index < -0.39 is 16.0 Å². The minimum absolute atomic E-state index is 0.0592. The predicted molar refractivity (Wildman–Crippen MR) is 88.9 cm³/mol. The molecule has 0 spiro atoms. The Balaban J connectivity index is 2.50. The van der Waals surface area contributed by atoms with Crippen LogP contribution < -0.4 is 4.72 Å². The number of pyridine rings is 1. The lowest BCUT2D eigenvalue weighted by atomic mass is 10.3. The molecule has 0 bridgehead atoms. The Kier molecular flexibility index (Phi) is 5.05. The van der Waals surface area contributed by atoms with Gasteiger partial charge in [0.2, 0.25) is 10.0 Å². The summed E-state index contributed by atoms with van der Waals surface area (Å²) in [5.74, 6) is -0.690. The van der Waals surface area contributed by atoms with Crippen LogP contribution in [0.3, 0.4) is 0 Å². The average Bonchev–Trinajstić information content (AvgIpc) is 2.79. The third-order valence-electron chi connectivity index (χ3n) is 3.40. The highest BCUT2D eigenvalue weighted by molar-refractivity contribution is 7.92. The third-order valence-corrected chi connectivity index (χ3v) is 4.74. The van der Waals surface area contributed by atoms with E-state index in [-0.39, 0.29) is 17.1 Å². The van der Waals surface area contributed by atoms with Crippen molar-refractivity contribution in [2.75, 3.05) is 17.6 Å². The van der Waals surface area contributed by atoms with Gasteiger partial charge in [-0.3, -0.25) is 4.72 Å². The number of carbonyl (C=O) groups is 1. The Morgan fingerprint density at radius 3 is 2.91 bits per heavy atom. The van der Waals surface area contributed by atoms with Gasteiger partial charge in [-0.15, -0.1) is 6.58 Å². The number of nitrogens with one attached hydrogen (secondary N) is 1. The van der Waals surface area contributed by atoms with Crippen LogP contribution in [0.1, 0.15) is 23.3 Å². The van der Waals surface area contributed by atoms with Crippen molar-refractivity contribution in [1.29, 1.82) is 0 Å². The average molecular weight is 337 g/mol. The van der Waals surface area contributed by atoms with Gasteiger partial charge in [-0.05, 0) is 25.0 Å². The first-order chi connectivity index (χ1) is 10.9. The van der Waals surface area contributed by atoms with Crippen molar-refractivity contribution in [1.82, 2.24) is 9.55 Å². The summed E-state index contributed by atoms with van der Waals surface area (Å²) in [7, 11) is -0.714. The highest BCUT2D eigenvalue weighted by atomic mass is 32.2. The fraction of sp³-hybridized carbons (Fsp3) is 0.333. The molecular weight excluding hydrogens is 318 g/mol. The molecule has 0 unspecified atom stereocenters. The molecule has 0 saturated heterocycles. The molecule has 0 fully saturated rings. The molecule has 2 heterocycles. The van der Waals surface area contributed by atoms with Crippen LogP contribution in [0.2, 0.25) is 0 Å². The van der Waals surface area contributed by atoms with Crippen molar-refractivity contribution >= 4 is 32.7 Å². The molecule has 8 heteroatoms. The van der Waals surface area contributed by atoms with Crippen LogP contribution in [0.15, 0.2) is 31.0 Å². The van der Waals surface area contributed by atoms with Gasteiger partial charge in [-0.1, -0.05) is 6.08 Å².